The van der Waals surface area contributed by atoms with Crippen molar-refractivity contribution in [2.75, 3.05) is 5.43 Å². The second kappa shape index (κ2) is 4.81. The summed E-state index contributed by atoms with van der Waals surface area (Å²) >= 11 is 3.44. The van der Waals surface area contributed by atoms with Crippen LogP contribution < -0.4 is 11.3 Å². The van der Waals surface area contributed by atoms with Gasteiger partial charge in [0.2, 0.25) is 0 Å². The number of nitrogens with zero attached hydrogens (tertiary/aromatic N) is 2. The number of aromatic nitrogens is 2. The van der Waals surface area contributed by atoms with Crippen LogP contribution in [0.5, 0.6) is 0 Å². The summed E-state index contributed by atoms with van der Waals surface area (Å²) in [6.07, 6.45) is 0. The average Bonchev–Trinajstić information content (AvgIpc) is 2.28. The first-order chi connectivity index (χ1) is 8.10. The maximum Gasteiger partial charge on any atom is 0.162 e. The zero-order valence-electron chi connectivity index (χ0n) is 9.66. The van der Waals surface area contributed by atoms with Gasteiger partial charge in [0, 0.05) is 21.8 Å². The number of hydrazine groups is 1. The second-order valence-electron chi connectivity index (χ2n) is 3.82. The monoisotopic (exact) mass is 292 g/mol. The van der Waals surface area contributed by atoms with E-state index in [-0.39, 0.29) is 0 Å². The lowest BCUT2D eigenvalue weighted by Crippen LogP contribution is -2.10. The minimum Gasteiger partial charge on any atom is -0.308 e. The van der Waals surface area contributed by atoms with E-state index in [1.54, 1.807) is 6.07 Å². The van der Waals surface area contributed by atoms with Gasteiger partial charge in [-0.05, 0) is 37.6 Å². The number of hydrogen-bond donors (Lipinski definition) is 2. The van der Waals surface area contributed by atoms with Gasteiger partial charge in [0.05, 0.1) is 0 Å². The number of aryl methyl sites for hydroxylation is 2. The fourth-order valence-electron chi connectivity index (χ4n) is 1.64. The van der Waals surface area contributed by atoms with E-state index in [0.717, 1.165) is 21.3 Å². The number of anilines is 1. The van der Waals surface area contributed by atoms with Crippen LogP contribution in [0.1, 0.15) is 11.3 Å². The molecule has 1 aromatic heterocycles. The molecule has 1 aromatic carbocycles. The third-order valence-electron chi connectivity index (χ3n) is 2.43. The van der Waals surface area contributed by atoms with Gasteiger partial charge >= 0.3 is 0 Å². The molecule has 0 saturated heterocycles. The zero-order valence-corrected chi connectivity index (χ0v) is 11.2. The third kappa shape index (κ3) is 2.62. The number of rotatable bonds is 2. The van der Waals surface area contributed by atoms with Crippen LogP contribution in [0.4, 0.5) is 5.82 Å². The molecule has 0 aliphatic rings. The first-order valence-corrected chi connectivity index (χ1v) is 5.98. The minimum atomic E-state index is 0.620. The molecule has 0 fully saturated rings. The fourth-order valence-corrected chi connectivity index (χ4v) is 2.12. The molecular formula is C12H13BrN4. The molecule has 2 rings (SSSR count). The molecule has 0 saturated carbocycles. The maximum atomic E-state index is 5.38. The zero-order chi connectivity index (χ0) is 12.4. The Hall–Kier alpha value is -1.46. The van der Waals surface area contributed by atoms with Gasteiger partial charge < -0.3 is 5.43 Å². The second-order valence-corrected chi connectivity index (χ2v) is 4.74. The predicted octanol–water partition coefficient (Wildman–Crippen LogP) is 2.81. The van der Waals surface area contributed by atoms with Crippen LogP contribution in [-0.2, 0) is 0 Å². The van der Waals surface area contributed by atoms with Crippen LogP contribution in [0.15, 0.2) is 28.7 Å². The van der Waals surface area contributed by atoms with Crippen LogP contribution in [0, 0.1) is 13.8 Å². The van der Waals surface area contributed by atoms with Crippen LogP contribution in [0.2, 0.25) is 0 Å². The first-order valence-electron chi connectivity index (χ1n) is 5.19. The number of benzene rings is 1. The van der Waals surface area contributed by atoms with Crippen molar-refractivity contribution in [3.63, 3.8) is 0 Å². The summed E-state index contributed by atoms with van der Waals surface area (Å²) in [5.41, 5.74) is 5.55. The van der Waals surface area contributed by atoms with Gasteiger partial charge in [-0.25, -0.2) is 15.8 Å². The van der Waals surface area contributed by atoms with Gasteiger partial charge in [0.1, 0.15) is 5.82 Å². The molecule has 1 heterocycles. The number of nitrogen functional groups attached to an aromatic ring is 1. The summed E-state index contributed by atoms with van der Waals surface area (Å²) in [6.45, 7) is 3.95. The third-order valence-corrected chi connectivity index (χ3v) is 2.92. The number of hydrogen-bond acceptors (Lipinski definition) is 4. The first kappa shape index (κ1) is 12.0. The minimum absolute atomic E-state index is 0.620. The highest BCUT2D eigenvalue weighted by Gasteiger charge is 2.07. The average molecular weight is 293 g/mol. The Labute approximate surface area is 108 Å². The summed E-state index contributed by atoms with van der Waals surface area (Å²) in [7, 11) is 0. The van der Waals surface area contributed by atoms with Crippen molar-refractivity contribution in [2.45, 2.75) is 13.8 Å². The van der Waals surface area contributed by atoms with Crippen LogP contribution >= 0.6 is 15.9 Å². The molecule has 0 amide bonds. The number of nitrogens with one attached hydrogen (secondary N) is 1. The van der Waals surface area contributed by atoms with Gasteiger partial charge in [-0.15, -0.1) is 0 Å². The van der Waals surface area contributed by atoms with Crippen LogP contribution in [-0.4, -0.2) is 9.97 Å². The van der Waals surface area contributed by atoms with Crippen LogP contribution in [0.25, 0.3) is 11.4 Å². The lowest BCUT2D eigenvalue weighted by molar-refractivity contribution is 1.09. The van der Waals surface area contributed by atoms with Crippen molar-refractivity contribution in [3.05, 3.63) is 40.0 Å². The van der Waals surface area contributed by atoms with Crippen LogP contribution in [0.3, 0.4) is 0 Å². The lowest BCUT2D eigenvalue weighted by atomic mass is 10.1. The number of halogens is 1. The highest BCUT2D eigenvalue weighted by Crippen LogP contribution is 2.24. The van der Waals surface area contributed by atoms with Gasteiger partial charge in [0.25, 0.3) is 0 Å². The lowest BCUT2D eigenvalue weighted by Gasteiger charge is -2.08. The molecule has 17 heavy (non-hydrogen) atoms. The molecule has 0 atom stereocenters. The molecule has 2 aromatic rings. The smallest absolute Gasteiger partial charge is 0.162 e. The molecule has 88 valence electrons. The highest BCUT2D eigenvalue weighted by molar-refractivity contribution is 9.10. The summed E-state index contributed by atoms with van der Waals surface area (Å²) in [6, 6.07) is 7.81. The topological polar surface area (TPSA) is 63.8 Å². The summed E-state index contributed by atoms with van der Waals surface area (Å²) < 4.78 is 1.04. The fraction of sp³-hybridized carbons (Fsp3) is 0.167. The van der Waals surface area contributed by atoms with Gasteiger partial charge in [-0.2, -0.15) is 0 Å². The Bertz CT molecular complexity index is 554. The molecule has 4 nitrogen and oxygen atoms in total. The van der Waals surface area contributed by atoms with Crippen molar-refractivity contribution < 1.29 is 0 Å². The molecule has 3 N–H and O–H groups in total. The van der Waals surface area contributed by atoms with Crippen molar-refractivity contribution in [1.29, 1.82) is 0 Å². The van der Waals surface area contributed by atoms with E-state index in [9.17, 15) is 0 Å². The van der Waals surface area contributed by atoms with E-state index in [2.05, 4.69) is 31.3 Å². The Morgan fingerprint density at radius 2 is 1.94 bits per heavy atom. The van der Waals surface area contributed by atoms with E-state index >= 15 is 0 Å². The molecule has 0 bridgehead atoms. The quantitative estimate of drug-likeness (QED) is 0.660. The number of nitrogens with two attached hydrogens (primary N) is 1. The predicted molar refractivity (Wildman–Crippen MR) is 72.5 cm³/mol. The Morgan fingerprint density at radius 3 is 2.59 bits per heavy atom. The Balaban J connectivity index is 2.55. The molecule has 0 spiro atoms. The van der Waals surface area contributed by atoms with E-state index < -0.39 is 0 Å². The van der Waals surface area contributed by atoms with E-state index in [0.29, 0.717) is 11.6 Å². The largest absolute Gasteiger partial charge is 0.308 e. The molecular weight excluding hydrogens is 280 g/mol. The molecule has 0 unspecified atom stereocenters. The molecule has 0 aliphatic carbocycles. The van der Waals surface area contributed by atoms with E-state index in [1.165, 1.54) is 0 Å². The summed E-state index contributed by atoms with van der Waals surface area (Å²) in [5, 5.41) is 0. The summed E-state index contributed by atoms with van der Waals surface area (Å²) in [5.74, 6) is 6.68. The van der Waals surface area contributed by atoms with Crippen molar-refractivity contribution in [1.82, 2.24) is 9.97 Å². The Kier molecular flexibility index (Phi) is 3.40. The molecule has 5 heteroatoms. The SMILES string of the molecule is Cc1cc(NN)nc(-c2ccc(Br)cc2C)n1. The normalized spacial score (nSPS) is 10.4. The summed E-state index contributed by atoms with van der Waals surface area (Å²) in [4.78, 5) is 8.77. The van der Waals surface area contributed by atoms with Crippen molar-refractivity contribution in [3.8, 4) is 11.4 Å². The maximum absolute atomic E-state index is 5.38. The molecule has 0 aliphatic heterocycles. The highest BCUT2D eigenvalue weighted by atomic mass is 79.9. The Morgan fingerprint density at radius 1 is 1.18 bits per heavy atom. The van der Waals surface area contributed by atoms with Gasteiger partial charge in [-0.3, -0.25) is 0 Å². The van der Waals surface area contributed by atoms with E-state index in [1.807, 2.05) is 32.0 Å². The van der Waals surface area contributed by atoms with E-state index in [4.69, 9.17) is 5.84 Å². The van der Waals surface area contributed by atoms with Crippen molar-refractivity contribution >= 4 is 21.7 Å². The standard InChI is InChI=1S/C12H13BrN4/c1-7-5-9(13)3-4-10(7)12-15-8(2)6-11(16-12)17-14/h3-6H,14H2,1-2H3,(H,15,16,17). The molecule has 0 radical (unpaired) electrons. The van der Waals surface area contributed by atoms with Gasteiger partial charge in [-0.1, -0.05) is 15.9 Å². The van der Waals surface area contributed by atoms with Gasteiger partial charge in [0.15, 0.2) is 5.82 Å². The van der Waals surface area contributed by atoms with Crippen molar-refractivity contribution in [2.24, 2.45) is 5.84 Å².